The highest BCUT2D eigenvalue weighted by Crippen LogP contribution is 2.30. The largest absolute Gasteiger partial charge is 0.321 e. The van der Waals surface area contributed by atoms with Gasteiger partial charge in [-0.3, -0.25) is 9.59 Å². The molecule has 136 valence electrons. The van der Waals surface area contributed by atoms with Crippen LogP contribution in [0.25, 0.3) is 10.8 Å². The monoisotopic (exact) mass is 366 g/mol. The first kappa shape index (κ1) is 17.5. The summed E-state index contributed by atoms with van der Waals surface area (Å²) >= 11 is 0. The van der Waals surface area contributed by atoms with E-state index in [1.807, 2.05) is 72.8 Å². The van der Waals surface area contributed by atoms with Crippen LogP contribution >= 0.6 is 0 Å². The van der Waals surface area contributed by atoms with Crippen molar-refractivity contribution in [3.8, 4) is 0 Å². The molecule has 0 aromatic heterocycles. The van der Waals surface area contributed by atoms with Gasteiger partial charge in [0.25, 0.3) is 11.8 Å². The molecule has 2 amide bonds. The van der Waals surface area contributed by atoms with E-state index in [1.165, 1.54) is 0 Å². The summed E-state index contributed by atoms with van der Waals surface area (Å²) in [5.74, 6) is -0.348. The molecule has 0 aliphatic carbocycles. The van der Waals surface area contributed by atoms with Gasteiger partial charge in [-0.1, -0.05) is 60.7 Å². The summed E-state index contributed by atoms with van der Waals surface area (Å²) in [5, 5.41) is 7.64. The molecular weight excluding hydrogens is 348 g/mol. The van der Waals surface area contributed by atoms with Gasteiger partial charge in [0.15, 0.2) is 0 Å². The molecule has 28 heavy (non-hydrogen) atoms. The molecule has 4 heteroatoms. The van der Waals surface area contributed by atoms with Crippen LogP contribution in [0.3, 0.4) is 0 Å². The minimum absolute atomic E-state index is 0.174. The van der Waals surface area contributed by atoms with Gasteiger partial charge in [0.05, 0.1) is 0 Å². The molecular formula is C24H18N2O2. The van der Waals surface area contributed by atoms with E-state index < -0.39 is 0 Å². The number of benzene rings is 4. The Labute approximate surface area is 162 Å². The van der Waals surface area contributed by atoms with Gasteiger partial charge < -0.3 is 10.6 Å². The highest BCUT2D eigenvalue weighted by atomic mass is 16.2. The fraction of sp³-hybridized carbons (Fsp3) is 0. The van der Waals surface area contributed by atoms with Crippen LogP contribution in [0.15, 0.2) is 97.1 Å². The van der Waals surface area contributed by atoms with Crippen molar-refractivity contribution in [1.82, 2.24) is 0 Å². The first-order chi connectivity index (χ1) is 13.7. The third-order valence-electron chi connectivity index (χ3n) is 4.49. The van der Waals surface area contributed by atoms with E-state index in [9.17, 15) is 9.59 Å². The Bertz CT molecular complexity index is 1050. The van der Waals surface area contributed by atoms with E-state index >= 15 is 0 Å². The second-order valence-electron chi connectivity index (χ2n) is 6.35. The Morgan fingerprint density at radius 1 is 0.464 bits per heavy atom. The lowest BCUT2D eigenvalue weighted by molar-refractivity contribution is 0.101. The van der Waals surface area contributed by atoms with Gasteiger partial charge in [0.2, 0.25) is 0 Å². The van der Waals surface area contributed by atoms with Crippen LogP contribution in [-0.4, -0.2) is 11.8 Å². The fourth-order valence-electron chi connectivity index (χ4n) is 3.09. The molecule has 0 aliphatic rings. The second-order valence-corrected chi connectivity index (χ2v) is 6.35. The molecule has 0 bridgehead atoms. The van der Waals surface area contributed by atoms with E-state index in [4.69, 9.17) is 0 Å². The Kier molecular flexibility index (Phi) is 4.85. The summed E-state index contributed by atoms with van der Waals surface area (Å²) in [7, 11) is 0. The standard InChI is InChI=1S/C24H18N2O2/c27-23(17-9-3-1-4-10-17)25-21-15-16-22(20-14-8-7-13-19(20)21)26-24(28)18-11-5-2-6-12-18/h1-16H,(H,25,27)(H,26,28). The number of anilines is 2. The first-order valence-corrected chi connectivity index (χ1v) is 8.97. The van der Waals surface area contributed by atoms with E-state index in [1.54, 1.807) is 24.3 Å². The van der Waals surface area contributed by atoms with Gasteiger partial charge in [0.1, 0.15) is 0 Å². The van der Waals surface area contributed by atoms with Gasteiger partial charge in [-0.05, 0) is 36.4 Å². The van der Waals surface area contributed by atoms with Gasteiger partial charge in [-0.25, -0.2) is 0 Å². The van der Waals surface area contributed by atoms with Gasteiger partial charge in [-0.15, -0.1) is 0 Å². The number of hydrogen-bond donors (Lipinski definition) is 2. The topological polar surface area (TPSA) is 58.2 Å². The molecule has 4 nitrogen and oxygen atoms in total. The predicted octanol–water partition coefficient (Wildman–Crippen LogP) is 5.34. The molecule has 4 aromatic rings. The zero-order valence-electron chi connectivity index (χ0n) is 15.1. The van der Waals surface area contributed by atoms with Crippen molar-refractivity contribution in [2.45, 2.75) is 0 Å². The van der Waals surface area contributed by atoms with Crippen LogP contribution in [0.4, 0.5) is 11.4 Å². The number of fused-ring (bicyclic) bond motifs is 1. The van der Waals surface area contributed by atoms with E-state index in [0.717, 1.165) is 10.8 Å². The Morgan fingerprint density at radius 2 is 0.821 bits per heavy atom. The fourth-order valence-corrected chi connectivity index (χ4v) is 3.09. The van der Waals surface area contributed by atoms with E-state index in [-0.39, 0.29) is 11.8 Å². The van der Waals surface area contributed by atoms with Crippen molar-refractivity contribution < 1.29 is 9.59 Å². The minimum Gasteiger partial charge on any atom is -0.321 e. The molecule has 0 atom stereocenters. The van der Waals surface area contributed by atoms with Crippen LogP contribution in [-0.2, 0) is 0 Å². The highest BCUT2D eigenvalue weighted by Gasteiger charge is 2.12. The number of carbonyl (C=O) groups is 2. The highest BCUT2D eigenvalue weighted by molar-refractivity contribution is 6.14. The molecule has 2 N–H and O–H groups in total. The van der Waals surface area contributed by atoms with Crippen molar-refractivity contribution in [3.63, 3.8) is 0 Å². The summed E-state index contributed by atoms with van der Waals surface area (Å²) in [6, 6.07) is 29.4. The van der Waals surface area contributed by atoms with Crippen molar-refractivity contribution >= 4 is 34.0 Å². The zero-order valence-corrected chi connectivity index (χ0v) is 15.1. The summed E-state index contributed by atoms with van der Waals surface area (Å²) < 4.78 is 0. The lowest BCUT2D eigenvalue weighted by atomic mass is 10.1. The van der Waals surface area contributed by atoms with Crippen LogP contribution in [0.1, 0.15) is 20.7 Å². The number of nitrogens with one attached hydrogen (secondary N) is 2. The number of carbonyl (C=O) groups excluding carboxylic acids is 2. The number of rotatable bonds is 4. The molecule has 0 unspecified atom stereocenters. The van der Waals surface area contributed by atoms with Gasteiger partial charge in [0, 0.05) is 33.3 Å². The Balaban J connectivity index is 1.65. The molecule has 4 rings (SSSR count). The maximum atomic E-state index is 12.5. The average Bonchev–Trinajstić information content (AvgIpc) is 2.76. The lowest BCUT2D eigenvalue weighted by Crippen LogP contribution is -2.14. The Hall–Kier alpha value is -3.92. The zero-order chi connectivity index (χ0) is 19.3. The minimum atomic E-state index is -0.174. The molecule has 0 fully saturated rings. The van der Waals surface area contributed by atoms with E-state index in [2.05, 4.69) is 10.6 Å². The maximum absolute atomic E-state index is 12.5. The second kappa shape index (κ2) is 7.76. The Morgan fingerprint density at radius 3 is 1.21 bits per heavy atom. The average molecular weight is 366 g/mol. The quantitative estimate of drug-likeness (QED) is 0.512. The number of amides is 2. The summed E-state index contributed by atoms with van der Waals surface area (Å²) in [6.07, 6.45) is 0. The van der Waals surface area contributed by atoms with Crippen molar-refractivity contribution in [2.24, 2.45) is 0 Å². The van der Waals surface area contributed by atoms with Gasteiger partial charge in [-0.2, -0.15) is 0 Å². The molecule has 0 aliphatic heterocycles. The molecule has 0 saturated heterocycles. The summed E-state index contributed by atoms with van der Waals surface area (Å²) in [6.45, 7) is 0. The normalized spacial score (nSPS) is 10.4. The van der Waals surface area contributed by atoms with Crippen LogP contribution in [0.5, 0.6) is 0 Å². The third-order valence-corrected chi connectivity index (χ3v) is 4.49. The number of hydrogen-bond acceptors (Lipinski definition) is 2. The third kappa shape index (κ3) is 3.62. The van der Waals surface area contributed by atoms with Crippen LogP contribution < -0.4 is 10.6 Å². The SMILES string of the molecule is O=C(Nc1ccc(NC(=O)c2ccccc2)c2ccccc12)c1ccccc1. The molecule has 0 saturated carbocycles. The molecule has 0 radical (unpaired) electrons. The van der Waals surface area contributed by atoms with Crippen molar-refractivity contribution in [2.75, 3.05) is 10.6 Å². The molecule has 0 spiro atoms. The maximum Gasteiger partial charge on any atom is 0.255 e. The predicted molar refractivity (Wildman–Crippen MR) is 113 cm³/mol. The summed E-state index contributed by atoms with van der Waals surface area (Å²) in [5.41, 5.74) is 2.57. The summed E-state index contributed by atoms with van der Waals surface area (Å²) in [4.78, 5) is 25.0. The van der Waals surface area contributed by atoms with E-state index in [0.29, 0.717) is 22.5 Å². The van der Waals surface area contributed by atoms with Crippen LogP contribution in [0, 0.1) is 0 Å². The lowest BCUT2D eigenvalue weighted by Gasteiger charge is -2.13. The van der Waals surface area contributed by atoms with Crippen molar-refractivity contribution in [1.29, 1.82) is 0 Å². The van der Waals surface area contributed by atoms with Crippen LogP contribution in [0.2, 0.25) is 0 Å². The smallest absolute Gasteiger partial charge is 0.255 e. The molecule has 0 heterocycles. The molecule has 4 aromatic carbocycles. The van der Waals surface area contributed by atoms with Gasteiger partial charge >= 0.3 is 0 Å². The van der Waals surface area contributed by atoms with Crippen molar-refractivity contribution in [3.05, 3.63) is 108 Å². The first-order valence-electron chi connectivity index (χ1n) is 8.97.